The molecule has 6 rings (SSSR count). The molecule has 0 amide bonds. The molecule has 0 spiro atoms. The molecule has 1 aliphatic heterocycles. The van der Waals surface area contributed by atoms with Crippen LogP contribution in [-0.2, 0) is 6.67 Å². The van der Waals surface area contributed by atoms with Crippen molar-refractivity contribution >= 4 is 27.5 Å². The van der Waals surface area contributed by atoms with Gasteiger partial charge in [0.15, 0.2) is 0 Å². The second kappa shape index (κ2) is 8.97. The van der Waals surface area contributed by atoms with Gasteiger partial charge in [-0.25, -0.2) is 0 Å². The zero-order chi connectivity index (χ0) is 27.6. The van der Waals surface area contributed by atoms with E-state index in [1.807, 2.05) is 36.4 Å². The molecule has 0 saturated carbocycles. The Hall–Kier alpha value is -4.66. The SMILES string of the molecule is COc1cc(OC)c2c(C)c3n(c2c1)Cn1c(c(C)c2c(OC)cc(OC)cc21)C3c1ccc([N+](=O)[O-])cc1. The molecule has 0 atom stereocenters. The number of rotatable bonds is 6. The van der Waals surface area contributed by atoms with E-state index < -0.39 is 0 Å². The number of non-ortho nitro benzene ring substituents is 1. The van der Waals surface area contributed by atoms with Gasteiger partial charge in [-0.1, -0.05) is 12.1 Å². The average Bonchev–Trinajstić information content (AvgIpc) is 3.41. The summed E-state index contributed by atoms with van der Waals surface area (Å²) in [6.45, 7) is 4.77. The maximum Gasteiger partial charge on any atom is 0.269 e. The number of aromatic nitrogens is 2. The van der Waals surface area contributed by atoms with Crippen LogP contribution in [0, 0.1) is 24.0 Å². The van der Waals surface area contributed by atoms with E-state index in [2.05, 4.69) is 23.0 Å². The molecule has 3 heterocycles. The number of hydrogen-bond acceptors (Lipinski definition) is 6. The Morgan fingerprint density at radius 2 is 1.21 bits per heavy atom. The smallest absolute Gasteiger partial charge is 0.269 e. The van der Waals surface area contributed by atoms with Crippen LogP contribution in [0.5, 0.6) is 23.0 Å². The maximum absolute atomic E-state index is 11.4. The molecule has 0 saturated heterocycles. The largest absolute Gasteiger partial charge is 0.497 e. The second-order valence-electron chi connectivity index (χ2n) is 9.75. The summed E-state index contributed by atoms with van der Waals surface area (Å²) in [5, 5.41) is 13.5. The van der Waals surface area contributed by atoms with Crippen LogP contribution in [-0.4, -0.2) is 42.5 Å². The zero-order valence-electron chi connectivity index (χ0n) is 22.7. The van der Waals surface area contributed by atoms with Crippen LogP contribution in [0.25, 0.3) is 21.8 Å². The Kier molecular flexibility index (Phi) is 5.67. The van der Waals surface area contributed by atoms with E-state index >= 15 is 0 Å². The highest BCUT2D eigenvalue weighted by atomic mass is 16.6. The van der Waals surface area contributed by atoms with Crippen molar-refractivity contribution in [2.45, 2.75) is 26.4 Å². The van der Waals surface area contributed by atoms with E-state index in [0.29, 0.717) is 18.2 Å². The van der Waals surface area contributed by atoms with Crippen molar-refractivity contribution in [3.8, 4) is 23.0 Å². The van der Waals surface area contributed by atoms with E-state index in [-0.39, 0.29) is 16.5 Å². The van der Waals surface area contributed by atoms with Crippen LogP contribution >= 0.6 is 0 Å². The number of hydrogen-bond donors (Lipinski definition) is 0. The molecule has 9 heteroatoms. The van der Waals surface area contributed by atoms with Gasteiger partial charge in [0.2, 0.25) is 0 Å². The third-order valence-corrected chi connectivity index (χ3v) is 7.97. The van der Waals surface area contributed by atoms with Gasteiger partial charge in [-0.15, -0.1) is 0 Å². The molecule has 0 fully saturated rings. The molecule has 0 radical (unpaired) electrons. The van der Waals surface area contributed by atoms with Crippen LogP contribution in [0.2, 0.25) is 0 Å². The maximum atomic E-state index is 11.4. The van der Waals surface area contributed by atoms with Gasteiger partial charge in [0, 0.05) is 58.6 Å². The summed E-state index contributed by atoms with van der Waals surface area (Å²) in [4.78, 5) is 11.1. The first-order chi connectivity index (χ1) is 18.8. The molecular formula is C30H29N3O6. The molecular weight excluding hydrogens is 498 g/mol. The lowest BCUT2D eigenvalue weighted by molar-refractivity contribution is -0.384. The van der Waals surface area contributed by atoms with Crippen molar-refractivity contribution in [1.82, 2.24) is 9.13 Å². The molecule has 0 N–H and O–H groups in total. The Morgan fingerprint density at radius 3 is 1.59 bits per heavy atom. The summed E-state index contributed by atoms with van der Waals surface area (Å²) in [6.07, 6.45) is 0. The third-order valence-electron chi connectivity index (χ3n) is 7.97. The molecule has 0 aliphatic carbocycles. The first-order valence-corrected chi connectivity index (χ1v) is 12.6. The second-order valence-corrected chi connectivity index (χ2v) is 9.75. The Labute approximate surface area is 225 Å². The molecule has 3 aromatic carbocycles. The van der Waals surface area contributed by atoms with E-state index in [4.69, 9.17) is 18.9 Å². The lowest BCUT2D eigenvalue weighted by Crippen LogP contribution is -2.25. The number of nitro benzene ring substituents is 1. The molecule has 2 aromatic heterocycles. The van der Waals surface area contributed by atoms with Gasteiger partial charge < -0.3 is 28.1 Å². The highest BCUT2D eigenvalue weighted by Gasteiger charge is 2.36. The van der Waals surface area contributed by atoms with Crippen molar-refractivity contribution in [3.63, 3.8) is 0 Å². The van der Waals surface area contributed by atoms with E-state index in [0.717, 1.165) is 61.4 Å². The predicted molar refractivity (Wildman–Crippen MR) is 149 cm³/mol. The average molecular weight is 528 g/mol. The topological polar surface area (TPSA) is 89.9 Å². The summed E-state index contributed by atoms with van der Waals surface area (Å²) < 4.78 is 27.5. The summed E-state index contributed by atoms with van der Waals surface area (Å²) in [7, 11) is 6.62. The van der Waals surface area contributed by atoms with Crippen molar-refractivity contribution in [1.29, 1.82) is 0 Å². The first kappa shape index (κ1) is 24.7. The molecule has 0 unspecified atom stereocenters. The van der Waals surface area contributed by atoms with Gasteiger partial charge in [-0.2, -0.15) is 0 Å². The summed E-state index contributed by atoms with van der Waals surface area (Å²) in [6, 6.07) is 14.7. The molecule has 5 aromatic rings. The van der Waals surface area contributed by atoms with E-state index in [1.165, 1.54) is 0 Å². The van der Waals surface area contributed by atoms with Gasteiger partial charge in [-0.3, -0.25) is 10.1 Å². The standard InChI is InChI=1S/C30H29N3O6/c1-16-26-22(11-20(36-3)13-24(26)38-5)31-15-32-23-12-21(37-4)14-25(39-6)27(23)17(2)30(32)28(29(16)31)18-7-9-19(10-8-18)33(34)35/h7-14,28H,15H2,1-6H3. The van der Waals surface area contributed by atoms with Gasteiger partial charge in [0.05, 0.1) is 57.0 Å². The first-order valence-electron chi connectivity index (χ1n) is 12.6. The number of ether oxygens (including phenoxy) is 4. The van der Waals surface area contributed by atoms with E-state index in [1.54, 1.807) is 40.6 Å². The van der Waals surface area contributed by atoms with Crippen LogP contribution in [0.4, 0.5) is 5.69 Å². The van der Waals surface area contributed by atoms with Crippen molar-refractivity contribution in [2.24, 2.45) is 0 Å². The lowest BCUT2D eigenvalue weighted by atomic mass is 9.87. The highest BCUT2D eigenvalue weighted by molar-refractivity contribution is 5.96. The molecule has 0 bridgehead atoms. The monoisotopic (exact) mass is 527 g/mol. The van der Waals surface area contributed by atoms with Gasteiger partial charge in [0.25, 0.3) is 5.69 Å². The number of fused-ring (bicyclic) bond motifs is 6. The van der Waals surface area contributed by atoms with Gasteiger partial charge in [0.1, 0.15) is 23.0 Å². The fourth-order valence-electron chi connectivity index (χ4n) is 6.23. The quantitative estimate of drug-likeness (QED) is 0.191. The normalized spacial score (nSPS) is 12.9. The minimum atomic E-state index is -0.372. The fraction of sp³-hybridized carbons (Fsp3) is 0.267. The summed E-state index contributed by atoms with van der Waals surface area (Å²) in [5.74, 6) is 2.68. The Balaban J connectivity index is 1.74. The molecule has 9 nitrogen and oxygen atoms in total. The van der Waals surface area contributed by atoms with Gasteiger partial charge >= 0.3 is 0 Å². The van der Waals surface area contributed by atoms with E-state index in [9.17, 15) is 10.1 Å². The fourth-order valence-corrected chi connectivity index (χ4v) is 6.23. The Bertz CT molecular complexity index is 1680. The van der Waals surface area contributed by atoms with Crippen LogP contribution in [0.15, 0.2) is 48.5 Å². The zero-order valence-corrected chi connectivity index (χ0v) is 22.7. The minimum Gasteiger partial charge on any atom is -0.497 e. The number of aryl methyl sites for hydroxylation is 2. The summed E-state index contributed by atoms with van der Waals surface area (Å²) in [5.41, 5.74) is 7.39. The number of methoxy groups -OCH3 is 4. The number of benzene rings is 3. The van der Waals surface area contributed by atoms with Crippen LogP contribution in [0.1, 0.15) is 34.0 Å². The predicted octanol–water partition coefficient (Wildman–Crippen LogP) is 6.15. The molecule has 39 heavy (non-hydrogen) atoms. The highest BCUT2D eigenvalue weighted by Crippen LogP contribution is 2.49. The third kappa shape index (κ3) is 3.46. The Morgan fingerprint density at radius 1 is 0.744 bits per heavy atom. The number of nitro groups is 1. The van der Waals surface area contributed by atoms with Crippen LogP contribution in [0.3, 0.4) is 0 Å². The van der Waals surface area contributed by atoms with Gasteiger partial charge in [-0.05, 0) is 30.5 Å². The van der Waals surface area contributed by atoms with Crippen molar-refractivity contribution < 1.29 is 23.9 Å². The molecule has 200 valence electrons. The van der Waals surface area contributed by atoms with Crippen molar-refractivity contribution in [3.05, 3.63) is 86.7 Å². The lowest BCUT2D eigenvalue weighted by Gasteiger charge is -2.30. The minimum absolute atomic E-state index is 0.0573. The molecule has 1 aliphatic rings. The van der Waals surface area contributed by atoms with Crippen LogP contribution < -0.4 is 18.9 Å². The number of nitrogens with zero attached hydrogens (tertiary/aromatic N) is 3. The van der Waals surface area contributed by atoms with Crippen molar-refractivity contribution in [2.75, 3.05) is 28.4 Å². The summed E-state index contributed by atoms with van der Waals surface area (Å²) >= 11 is 0.